The van der Waals surface area contributed by atoms with E-state index in [-0.39, 0.29) is 24.5 Å². The number of methoxy groups -OCH3 is 1. The number of carbonyl (C=O) groups excluding carboxylic acids is 1. The van der Waals surface area contributed by atoms with Gasteiger partial charge in [-0.05, 0) is 17.9 Å². The maximum atomic E-state index is 11.8. The summed E-state index contributed by atoms with van der Waals surface area (Å²) in [5.41, 5.74) is 1.10. The van der Waals surface area contributed by atoms with E-state index in [1.165, 1.54) is 0 Å². The van der Waals surface area contributed by atoms with Gasteiger partial charge in [0.05, 0.1) is 12.6 Å². The van der Waals surface area contributed by atoms with Gasteiger partial charge in [0.1, 0.15) is 0 Å². The lowest BCUT2D eigenvalue weighted by atomic mass is 10.1. The summed E-state index contributed by atoms with van der Waals surface area (Å²) < 4.78 is 5.00. The van der Waals surface area contributed by atoms with Gasteiger partial charge < -0.3 is 15.2 Å². The topological polar surface area (TPSA) is 58.6 Å². The monoisotopic (exact) mass is 265 g/mol. The molecule has 0 bridgehead atoms. The maximum Gasteiger partial charge on any atom is 0.220 e. The summed E-state index contributed by atoms with van der Waals surface area (Å²) in [5.74, 6) is 0.139. The van der Waals surface area contributed by atoms with Crippen molar-refractivity contribution in [3.8, 4) is 0 Å². The second kappa shape index (κ2) is 8.67. The van der Waals surface area contributed by atoms with Crippen molar-refractivity contribution in [1.29, 1.82) is 0 Å². The Kier molecular flexibility index (Phi) is 7.15. The van der Waals surface area contributed by atoms with Crippen molar-refractivity contribution >= 4 is 5.91 Å². The molecule has 19 heavy (non-hydrogen) atoms. The fourth-order valence-corrected chi connectivity index (χ4v) is 2.01. The molecule has 2 atom stereocenters. The predicted octanol–water partition coefficient (Wildman–Crippen LogP) is 1.38. The van der Waals surface area contributed by atoms with Crippen molar-refractivity contribution < 1.29 is 14.6 Å². The van der Waals surface area contributed by atoms with E-state index in [1.807, 2.05) is 37.3 Å². The largest absolute Gasteiger partial charge is 0.394 e. The molecule has 4 nitrogen and oxygen atoms in total. The zero-order valence-corrected chi connectivity index (χ0v) is 11.6. The molecule has 0 saturated heterocycles. The minimum Gasteiger partial charge on any atom is -0.394 e. The Balaban J connectivity index is 2.41. The molecular weight excluding hydrogens is 242 g/mol. The van der Waals surface area contributed by atoms with Crippen molar-refractivity contribution in [3.05, 3.63) is 35.9 Å². The number of rotatable bonds is 8. The van der Waals surface area contributed by atoms with E-state index in [1.54, 1.807) is 7.11 Å². The van der Waals surface area contributed by atoms with Gasteiger partial charge in [-0.15, -0.1) is 0 Å². The average molecular weight is 265 g/mol. The first-order chi connectivity index (χ1) is 9.15. The first kappa shape index (κ1) is 15.7. The Morgan fingerprint density at radius 1 is 1.37 bits per heavy atom. The van der Waals surface area contributed by atoms with Crippen LogP contribution in [-0.2, 0) is 16.0 Å². The molecular formula is C15H23NO3. The number of aliphatic hydroxyl groups is 1. The summed E-state index contributed by atoms with van der Waals surface area (Å²) in [6, 6.07) is 9.59. The third-order valence-corrected chi connectivity index (χ3v) is 2.90. The third-order valence-electron chi connectivity index (χ3n) is 2.90. The molecule has 0 aromatic heterocycles. The van der Waals surface area contributed by atoms with Crippen molar-refractivity contribution in [2.24, 2.45) is 5.92 Å². The van der Waals surface area contributed by atoms with E-state index in [9.17, 15) is 9.90 Å². The molecule has 1 aromatic rings. The summed E-state index contributed by atoms with van der Waals surface area (Å²) in [5, 5.41) is 12.2. The smallest absolute Gasteiger partial charge is 0.220 e. The number of hydrogen-bond acceptors (Lipinski definition) is 3. The van der Waals surface area contributed by atoms with Gasteiger partial charge in [0.25, 0.3) is 0 Å². The normalized spacial score (nSPS) is 13.8. The molecule has 0 spiro atoms. The molecule has 106 valence electrons. The highest BCUT2D eigenvalue weighted by Crippen LogP contribution is 2.05. The highest BCUT2D eigenvalue weighted by Gasteiger charge is 2.14. The van der Waals surface area contributed by atoms with Crippen LogP contribution in [0, 0.1) is 5.92 Å². The van der Waals surface area contributed by atoms with Crippen molar-refractivity contribution in [3.63, 3.8) is 0 Å². The first-order valence-electron chi connectivity index (χ1n) is 6.58. The molecule has 0 radical (unpaired) electrons. The molecule has 1 aromatic carbocycles. The zero-order chi connectivity index (χ0) is 14.1. The summed E-state index contributed by atoms with van der Waals surface area (Å²) in [4.78, 5) is 11.8. The standard InChI is InChI=1S/C15H23NO3/c1-12(11-19-2)8-15(18)16-14(10-17)9-13-6-4-3-5-7-13/h3-7,12,14,17H,8-11H2,1-2H3,(H,16,18)/t12?,14-/m0/s1. The molecule has 1 rings (SSSR count). The molecule has 1 amide bonds. The van der Waals surface area contributed by atoms with Crippen LogP contribution in [0.25, 0.3) is 0 Å². The minimum absolute atomic E-state index is 0.0421. The Labute approximate surface area is 114 Å². The van der Waals surface area contributed by atoms with Crippen LogP contribution in [0.15, 0.2) is 30.3 Å². The summed E-state index contributed by atoms with van der Waals surface area (Å²) >= 11 is 0. The quantitative estimate of drug-likeness (QED) is 0.746. The van der Waals surface area contributed by atoms with Crippen LogP contribution in [0.2, 0.25) is 0 Å². The van der Waals surface area contributed by atoms with Gasteiger partial charge in [-0.1, -0.05) is 37.3 Å². The van der Waals surface area contributed by atoms with Crippen LogP contribution in [0.3, 0.4) is 0 Å². The van der Waals surface area contributed by atoms with Crippen molar-refractivity contribution in [2.45, 2.75) is 25.8 Å². The van der Waals surface area contributed by atoms with Crippen molar-refractivity contribution in [1.82, 2.24) is 5.32 Å². The lowest BCUT2D eigenvalue weighted by molar-refractivity contribution is -0.123. The number of benzene rings is 1. The SMILES string of the molecule is COCC(C)CC(=O)N[C@H](CO)Cc1ccccc1. The Morgan fingerprint density at radius 3 is 2.63 bits per heavy atom. The average Bonchev–Trinajstić information content (AvgIpc) is 2.39. The van der Waals surface area contributed by atoms with E-state index in [0.29, 0.717) is 19.4 Å². The van der Waals surface area contributed by atoms with E-state index >= 15 is 0 Å². The van der Waals surface area contributed by atoms with E-state index in [0.717, 1.165) is 5.56 Å². The van der Waals surface area contributed by atoms with E-state index < -0.39 is 0 Å². The zero-order valence-electron chi connectivity index (χ0n) is 11.6. The molecule has 0 aliphatic carbocycles. The van der Waals surface area contributed by atoms with Crippen LogP contribution in [0.5, 0.6) is 0 Å². The summed E-state index contributed by atoms with van der Waals surface area (Å²) in [6.45, 7) is 2.48. The first-order valence-corrected chi connectivity index (χ1v) is 6.58. The maximum absolute atomic E-state index is 11.8. The van der Waals surface area contributed by atoms with E-state index in [2.05, 4.69) is 5.32 Å². The number of nitrogens with one attached hydrogen (secondary N) is 1. The highest BCUT2D eigenvalue weighted by atomic mass is 16.5. The van der Waals surface area contributed by atoms with Crippen LogP contribution in [0.1, 0.15) is 18.9 Å². The number of aliphatic hydroxyl groups excluding tert-OH is 1. The Bertz CT molecular complexity index is 367. The number of carbonyl (C=O) groups is 1. The van der Waals surface area contributed by atoms with Gasteiger partial charge in [0, 0.05) is 20.1 Å². The number of hydrogen-bond donors (Lipinski definition) is 2. The number of amides is 1. The molecule has 0 fully saturated rings. The molecule has 0 heterocycles. The molecule has 0 aliphatic heterocycles. The fourth-order valence-electron chi connectivity index (χ4n) is 2.01. The summed E-state index contributed by atoms with van der Waals surface area (Å²) in [7, 11) is 1.63. The second-order valence-electron chi connectivity index (χ2n) is 4.90. The summed E-state index contributed by atoms with van der Waals surface area (Å²) in [6.07, 6.45) is 1.06. The second-order valence-corrected chi connectivity index (χ2v) is 4.90. The van der Waals surface area contributed by atoms with Gasteiger partial charge in [-0.3, -0.25) is 4.79 Å². The highest BCUT2D eigenvalue weighted by molar-refractivity contribution is 5.76. The molecule has 2 N–H and O–H groups in total. The Hall–Kier alpha value is -1.39. The predicted molar refractivity (Wildman–Crippen MR) is 74.8 cm³/mol. The van der Waals surface area contributed by atoms with Crippen LogP contribution >= 0.6 is 0 Å². The van der Waals surface area contributed by atoms with Crippen LogP contribution < -0.4 is 5.32 Å². The molecule has 0 saturated carbocycles. The van der Waals surface area contributed by atoms with Crippen molar-refractivity contribution in [2.75, 3.05) is 20.3 Å². The van der Waals surface area contributed by atoms with Gasteiger partial charge in [-0.2, -0.15) is 0 Å². The van der Waals surface area contributed by atoms with Gasteiger partial charge in [-0.25, -0.2) is 0 Å². The lowest BCUT2D eigenvalue weighted by Gasteiger charge is -2.18. The molecule has 0 aliphatic rings. The van der Waals surface area contributed by atoms with Gasteiger partial charge >= 0.3 is 0 Å². The molecule has 1 unspecified atom stereocenters. The fraction of sp³-hybridized carbons (Fsp3) is 0.533. The van der Waals surface area contributed by atoms with Crippen LogP contribution in [-0.4, -0.2) is 37.4 Å². The number of ether oxygens (including phenoxy) is 1. The molecule has 4 heteroatoms. The van der Waals surface area contributed by atoms with Gasteiger partial charge in [0.15, 0.2) is 0 Å². The van der Waals surface area contributed by atoms with E-state index in [4.69, 9.17) is 4.74 Å². The Morgan fingerprint density at radius 2 is 2.05 bits per heavy atom. The lowest BCUT2D eigenvalue weighted by Crippen LogP contribution is -2.39. The van der Waals surface area contributed by atoms with Crippen LogP contribution in [0.4, 0.5) is 0 Å². The van der Waals surface area contributed by atoms with Gasteiger partial charge in [0.2, 0.25) is 5.91 Å². The minimum atomic E-state index is -0.232. The third kappa shape index (κ3) is 6.36.